The molecule has 0 saturated heterocycles. The zero-order valence-electron chi connectivity index (χ0n) is 16.8. The lowest BCUT2D eigenvalue weighted by atomic mass is 9.95. The molecule has 4 aromatic rings. The minimum Gasteiger partial charge on any atom is -0.461 e. The van der Waals surface area contributed by atoms with Crippen LogP contribution < -0.4 is 10.6 Å². The van der Waals surface area contributed by atoms with Gasteiger partial charge >= 0.3 is 0 Å². The van der Waals surface area contributed by atoms with Crippen molar-refractivity contribution in [1.29, 1.82) is 0 Å². The Balaban J connectivity index is 1.64. The Labute approximate surface area is 193 Å². The quantitative estimate of drug-likeness (QED) is 0.399. The number of halogens is 2. The number of amides is 1. The summed E-state index contributed by atoms with van der Waals surface area (Å²) in [5.41, 5.74) is 2.45. The molecule has 1 amide bonds. The van der Waals surface area contributed by atoms with Crippen LogP contribution in [0.2, 0.25) is 10.0 Å². The van der Waals surface area contributed by atoms with Crippen LogP contribution in [-0.4, -0.2) is 20.7 Å². The highest BCUT2D eigenvalue weighted by molar-refractivity contribution is 6.35. The molecule has 7 nitrogen and oxygen atoms in total. The molecule has 0 saturated carbocycles. The number of nitrogens with one attached hydrogen (secondary N) is 2. The number of hydrogen-bond acceptors (Lipinski definition) is 5. The summed E-state index contributed by atoms with van der Waals surface area (Å²) in [5.74, 6) is 1.10. The molecule has 2 N–H and O–H groups in total. The molecule has 9 heteroatoms. The number of anilines is 2. The van der Waals surface area contributed by atoms with Gasteiger partial charge in [-0.25, -0.2) is 4.68 Å². The zero-order valence-corrected chi connectivity index (χ0v) is 18.4. The maximum absolute atomic E-state index is 13.4. The van der Waals surface area contributed by atoms with Gasteiger partial charge in [-0.1, -0.05) is 47.5 Å². The molecule has 1 aliphatic heterocycles. The highest BCUT2D eigenvalue weighted by Crippen LogP contribution is 2.40. The summed E-state index contributed by atoms with van der Waals surface area (Å²) in [7, 11) is 0. The molecule has 2 aromatic heterocycles. The Morgan fingerprint density at radius 1 is 1.12 bits per heavy atom. The van der Waals surface area contributed by atoms with Gasteiger partial charge in [0.2, 0.25) is 11.8 Å². The van der Waals surface area contributed by atoms with Gasteiger partial charge in [0.15, 0.2) is 5.76 Å². The molecular formula is C23H17Cl2N5O2. The van der Waals surface area contributed by atoms with Crippen LogP contribution in [0.3, 0.4) is 0 Å². The van der Waals surface area contributed by atoms with E-state index in [1.54, 1.807) is 41.3 Å². The van der Waals surface area contributed by atoms with E-state index in [-0.39, 0.29) is 5.91 Å². The van der Waals surface area contributed by atoms with Gasteiger partial charge in [-0.3, -0.25) is 4.79 Å². The van der Waals surface area contributed by atoms with Gasteiger partial charge in [0.05, 0.1) is 11.8 Å². The van der Waals surface area contributed by atoms with Crippen LogP contribution in [0.15, 0.2) is 82.6 Å². The number of aromatic nitrogens is 3. The van der Waals surface area contributed by atoms with Crippen molar-refractivity contribution in [3.8, 4) is 11.6 Å². The van der Waals surface area contributed by atoms with Gasteiger partial charge in [-0.05, 0) is 43.3 Å². The van der Waals surface area contributed by atoms with Crippen LogP contribution in [-0.2, 0) is 4.79 Å². The number of hydrogen-bond donors (Lipinski definition) is 2. The second-order valence-corrected chi connectivity index (χ2v) is 8.08. The number of allylic oxidation sites excluding steroid dienone is 1. The van der Waals surface area contributed by atoms with Crippen molar-refractivity contribution >= 4 is 40.7 Å². The highest BCUT2D eigenvalue weighted by Gasteiger charge is 2.36. The van der Waals surface area contributed by atoms with Crippen LogP contribution in [0, 0.1) is 0 Å². The number of carbonyl (C=O) groups excluding carboxylic acids is 1. The maximum atomic E-state index is 13.4. The first-order valence-corrected chi connectivity index (χ1v) is 10.6. The Bertz CT molecular complexity index is 1330. The first kappa shape index (κ1) is 20.4. The molecular weight excluding hydrogens is 449 g/mol. The summed E-state index contributed by atoms with van der Waals surface area (Å²) in [6.07, 6.45) is 1.55. The summed E-state index contributed by atoms with van der Waals surface area (Å²) in [6, 6.07) is 17.3. The molecule has 0 bridgehead atoms. The van der Waals surface area contributed by atoms with Gasteiger partial charge in [-0.15, -0.1) is 5.10 Å². The summed E-state index contributed by atoms with van der Waals surface area (Å²) >= 11 is 12.7. The monoisotopic (exact) mass is 465 g/mol. The normalized spacial score (nSPS) is 15.3. The molecule has 1 atom stereocenters. The molecule has 3 heterocycles. The minimum atomic E-state index is -0.629. The van der Waals surface area contributed by atoms with Crippen molar-refractivity contribution in [2.75, 3.05) is 10.6 Å². The van der Waals surface area contributed by atoms with Crippen molar-refractivity contribution in [3.05, 3.63) is 93.8 Å². The van der Waals surface area contributed by atoms with Crippen LogP contribution in [0.1, 0.15) is 18.5 Å². The summed E-state index contributed by atoms with van der Waals surface area (Å²) in [4.78, 5) is 18.0. The number of para-hydroxylation sites is 1. The van der Waals surface area contributed by atoms with E-state index < -0.39 is 6.04 Å². The molecule has 160 valence electrons. The summed E-state index contributed by atoms with van der Waals surface area (Å²) in [6.45, 7) is 1.82. The number of fused-ring (bicyclic) bond motifs is 1. The molecule has 32 heavy (non-hydrogen) atoms. The minimum absolute atomic E-state index is 0.280. The fraction of sp³-hybridized carbons (Fsp3) is 0.0870. The molecule has 2 aromatic carbocycles. The van der Waals surface area contributed by atoms with E-state index in [1.807, 2.05) is 37.3 Å². The van der Waals surface area contributed by atoms with E-state index in [0.717, 1.165) is 0 Å². The van der Waals surface area contributed by atoms with E-state index in [2.05, 4.69) is 20.7 Å². The number of nitrogens with zero attached hydrogens (tertiary/aromatic N) is 3. The SMILES string of the molecule is CC1=C(C(=O)Nc2ccccc2)C(c2ccc(Cl)cc2Cl)n2nc(-c3ccco3)nc2N1. The first-order chi connectivity index (χ1) is 15.5. The first-order valence-electron chi connectivity index (χ1n) is 9.81. The second kappa shape index (κ2) is 8.18. The highest BCUT2D eigenvalue weighted by atomic mass is 35.5. The maximum Gasteiger partial charge on any atom is 0.255 e. The topological polar surface area (TPSA) is 85.0 Å². The van der Waals surface area contributed by atoms with E-state index in [1.165, 1.54) is 0 Å². The van der Waals surface area contributed by atoms with Gasteiger partial charge in [0, 0.05) is 27.0 Å². The zero-order chi connectivity index (χ0) is 22.2. The fourth-order valence-electron chi connectivity index (χ4n) is 3.69. The van der Waals surface area contributed by atoms with Crippen LogP contribution in [0.4, 0.5) is 11.6 Å². The van der Waals surface area contributed by atoms with Crippen molar-refractivity contribution in [1.82, 2.24) is 14.8 Å². The van der Waals surface area contributed by atoms with Crippen LogP contribution in [0.25, 0.3) is 11.6 Å². The molecule has 5 rings (SSSR count). The van der Waals surface area contributed by atoms with Crippen molar-refractivity contribution in [3.63, 3.8) is 0 Å². The fourth-order valence-corrected chi connectivity index (χ4v) is 4.20. The van der Waals surface area contributed by atoms with Crippen molar-refractivity contribution < 1.29 is 9.21 Å². The average molecular weight is 466 g/mol. The van der Waals surface area contributed by atoms with Crippen LogP contribution >= 0.6 is 23.2 Å². The largest absolute Gasteiger partial charge is 0.461 e. The average Bonchev–Trinajstić information content (AvgIpc) is 3.43. The van der Waals surface area contributed by atoms with E-state index >= 15 is 0 Å². The lowest BCUT2D eigenvalue weighted by Crippen LogP contribution is -2.31. The van der Waals surface area contributed by atoms with Gasteiger partial charge in [-0.2, -0.15) is 4.98 Å². The second-order valence-electron chi connectivity index (χ2n) is 7.23. The third kappa shape index (κ3) is 3.66. The Morgan fingerprint density at radius 2 is 1.94 bits per heavy atom. The van der Waals surface area contributed by atoms with Crippen LogP contribution in [0.5, 0.6) is 0 Å². The van der Waals surface area contributed by atoms with Crippen molar-refractivity contribution in [2.24, 2.45) is 0 Å². The Kier molecular flexibility index (Phi) is 5.20. The molecule has 1 unspecified atom stereocenters. The lowest BCUT2D eigenvalue weighted by Gasteiger charge is -2.29. The predicted octanol–water partition coefficient (Wildman–Crippen LogP) is 5.77. The van der Waals surface area contributed by atoms with Gasteiger partial charge in [0.25, 0.3) is 5.91 Å². The molecule has 0 spiro atoms. The molecule has 0 fully saturated rings. The van der Waals surface area contributed by atoms with E-state index in [4.69, 9.17) is 27.6 Å². The van der Waals surface area contributed by atoms with E-state index in [0.29, 0.717) is 50.1 Å². The van der Waals surface area contributed by atoms with Crippen molar-refractivity contribution in [2.45, 2.75) is 13.0 Å². The third-order valence-corrected chi connectivity index (χ3v) is 5.69. The standard InChI is InChI=1S/C23H17Cl2N5O2/c1-13-19(22(31)27-15-6-3-2-4-7-15)20(16-10-9-14(24)12-17(16)25)30-23(26-13)28-21(29-30)18-8-5-11-32-18/h2-12,20H,1H3,(H,27,31)(H,26,28,29). The molecule has 1 aliphatic rings. The van der Waals surface area contributed by atoms with Gasteiger partial charge in [0.1, 0.15) is 6.04 Å². The third-order valence-electron chi connectivity index (χ3n) is 5.13. The smallest absolute Gasteiger partial charge is 0.255 e. The summed E-state index contributed by atoms with van der Waals surface area (Å²) < 4.78 is 7.09. The number of benzene rings is 2. The molecule has 0 radical (unpaired) electrons. The number of rotatable bonds is 4. The van der Waals surface area contributed by atoms with E-state index in [9.17, 15) is 4.79 Å². The predicted molar refractivity (Wildman–Crippen MR) is 124 cm³/mol. The molecule has 0 aliphatic carbocycles. The number of carbonyl (C=O) groups is 1. The Morgan fingerprint density at radius 3 is 2.66 bits per heavy atom. The Hall–Kier alpha value is -3.55. The number of furan rings is 1. The lowest BCUT2D eigenvalue weighted by molar-refractivity contribution is -0.113. The van der Waals surface area contributed by atoms with Gasteiger partial charge < -0.3 is 15.1 Å². The summed E-state index contributed by atoms with van der Waals surface area (Å²) in [5, 5.41) is 11.7.